The number of hydrogen-bond donors (Lipinski definition) is 1. The zero-order chi connectivity index (χ0) is 18.7. The number of anilines is 1. The fourth-order valence-corrected chi connectivity index (χ4v) is 2.74. The van der Waals surface area contributed by atoms with Crippen LogP contribution >= 0.6 is 69.6 Å². The van der Waals surface area contributed by atoms with Gasteiger partial charge in [-0.05, 0) is 18.2 Å². The predicted molar refractivity (Wildman–Crippen MR) is 99.7 cm³/mol. The Morgan fingerprint density at radius 3 is 2.36 bits per heavy atom. The van der Waals surface area contributed by atoms with E-state index in [1.54, 1.807) is 6.07 Å². The molecule has 5 nitrogen and oxygen atoms in total. The van der Waals surface area contributed by atoms with Crippen molar-refractivity contribution in [3.05, 3.63) is 54.2 Å². The van der Waals surface area contributed by atoms with Gasteiger partial charge in [-0.15, -0.1) is 0 Å². The van der Waals surface area contributed by atoms with Gasteiger partial charge in [-0.1, -0.05) is 69.6 Å². The van der Waals surface area contributed by atoms with Gasteiger partial charge in [-0.3, -0.25) is 4.79 Å². The van der Waals surface area contributed by atoms with E-state index in [1.165, 1.54) is 12.1 Å². The minimum Gasteiger partial charge on any atom is -0.451 e. The van der Waals surface area contributed by atoms with E-state index in [0.29, 0.717) is 5.02 Å². The molecule has 1 aromatic heterocycles. The summed E-state index contributed by atoms with van der Waals surface area (Å²) in [7, 11) is 0. The van der Waals surface area contributed by atoms with Crippen molar-refractivity contribution in [3.8, 4) is 0 Å². The monoisotopic (exact) mass is 460 g/mol. The Morgan fingerprint density at radius 1 is 1.00 bits per heavy atom. The number of amides is 1. The Labute approximate surface area is 172 Å². The molecule has 0 saturated carbocycles. The van der Waals surface area contributed by atoms with E-state index in [1.807, 2.05) is 0 Å². The van der Waals surface area contributed by atoms with E-state index in [4.69, 9.17) is 74.3 Å². The van der Waals surface area contributed by atoms with Gasteiger partial charge in [-0.2, -0.15) is 0 Å². The van der Waals surface area contributed by atoms with Crippen molar-refractivity contribution in [1.82, 2.24) is 4.98 Å². The van der Waals surface area contributed by atoms with Crippen molar-refractivity contribution in [3.63, 3.8) is 0 Å². The number of carbonyl (C=O) groups excluding carboxylic acids is 2. The third kappa shape index (κ3) is 5.03. The summed E-state index contributed by atoms with van der Waals surface area (Å²) in [4.78, 5) is 27.6. The smallest absolute Gasteiger partial charge is 0.359 e. The first-order valence-corrected chi connectivity index (χ1v) is 8.59. The first-order chi connectivity index (χ1) is 11.7. The maximum absolute atomic E-state index is 12.0. The average Bonchev–Trinajstić information content (AvgIpc) is 2.57. The van der Waals surface area contributed by atoms with Crippen LogP contribution in [0.5, 0.6) is 0 Å². The Balaban J connectivity index is 2.05. The molecule has 1 N–H and O–H groups in total. The maximum Gasteiger partial charge on any atom is 0.359 e. The molecule has 0 aliphatic carbocycles. The third-order valence-corrected chi connectivity index (χ3v) is 4.96. The molecule has 2 rings (SSSR count). The number of carbonyl (C=O) groups is 2. The maximum atomic E-state index is 12.0. The molecular weight excluding hydrogens is 457 g/mol. The first-order valence-electron chi connectivity index (χ1n) is 6.32. The number of benzene rings is 1. The van der Waals surface area contributed by atoms with Gasteiger partial charge in [0.15, 0.2) is 12.3 Å². The van der Waals surface area contributed by atoms with E-state index >= 15 is 0 Å². The number of halogens is 6. The van der Waals surface area contributed by atoms with E-state index < -0.39 is 18.5 Å². The van der Waals surface area contributed by atoms with Gasteiger partial charge in [0.2, 0.25) is 0 Å². The highest BCUT2D eigenvalue weighted by molar-refractivity contribution is 6.52. The van der Waals surface area contributed by atoms with Gasteiger partial charge in [-0.25, -0.2) is 9.78 Å². The summed E-state index contributed by atoms with van der Waals surface area (Å²) < 4.78 is 4.83. The molecule has 1 aromatic carbocycles. The van der Waals surface area contributed by atoms with Crippen LogP contribution in [0.15, 0.2) is 18.2 Å². The molecule has 0 bridgehead atoms. The van der Waals surface area contributed by atoms with Crippen LogP contribution in [0.25, 0.3) is 0 Å². The largest absolute Gasteiger partial charge is 0.451 e. The van der Waals surface area contributed by atoms with Crippen LogP contribution in [0, 0.1) is 0 Å². The number of hydrogen-bond acceptors (Lipinski definition) is 4. The lowest BCUT2D eigenvalue weighted by atomic mass is 10.3. The Hall–Kier alpha value is -0.950. The molecule has 1 heterocycles. The lowest BCUT2D eigenvalue weighted by Gasteiger charge is -2.10. The molecule has 0 aliphatic rings. The van der Waals surface area contributed by atoms with Gasteiger partial charge in [0, 0.05) is 5.02 Å². The first kappa shape index (κ1) is 20.4. The van der Waals surface area contributed by atoms with Gasteiger partial charge < -0.3 is 10.1 Å². The van der Waals surface area contributed by atoms with Crippen LogP contribution in [0.1, 0.15) is 10.5 Å². The summed E-state index contributed by atoms with van der Waals surface area (Å²) in [6, 6.07) is 4.51. The van der Waals surface area contributed by atoms with Crippen molar-refractivity contribution in [1.29, 1.82) is 0 Å². The number of aromatic nitrogens is 1. The van der Waals surface area contributed by atoms with E-state index in [2.05, 4.69) is 10.3 Å². The molecule has 0 radical (unpaired) electrons. The number of nitrogens with one attached hydrogen (secondary N) is 1. The zero-order valence-corrected chi connectivity index (χ0v) is 16.4. The molecule has 0 atom stereocenters. The molecule has 2 aromatic rings. The standard InChI is InChI=1S/C14H6Cl6N2O3/c15-5-1-2-6(16)7(3-5)21-8(23)4-25-14(24)12-10(18)9(17)11(19)13(20)22-12/h1-3H,4H2,(H,21,23). The summed E-state index contributed by atoms with van der Waals surface area (Å²) in [5.41, 5.74) is -0.0985. The van der Waals surface area contributed by atoms with Crippen molar-refractivity contribution >= 4 is 87.2 Å². The van der Waals surface area contributed by atoms with Gasteiger partial charge in [0.1, 0.15) is 5.15 Å². The molecule has 11 heteroatoms. The van der Waals surface area contributed by atoms with Gasteiger partial charge >= 0.3 is 5.97 Å². The second kappa shape index (κ2) is 8.62. The molecule has 0 aliphatic heterocycles. The minimum atomic E-state index is -1.00. The highest BCUT2D eigenvalue weighted by atomic mass is 35.5. The molecule has 25 heavy (non-hydrogen) atoms. The molecule has 0 fully saturated rings. The van der Waals surface area contributed by atoms with E-state index in [-0.39, 0.29) is 36.6 Å². The molecular formula is C14H6Cl6N2O3. The number of nitrogens with zero attached hydrogens (tertiary/aromatic N) is 1. The lowest BCUT2D eigenvalue weighted by Crippen LogP contribution is -2.21. The number of ether oxygens (including phenoxy) is 1. The predicted octanol–water partition coefficient (Wildman–Crippen LogP) is 5.80. The second-order valence-corrected chi connectivity index (χ2v) is 6.78. The lowest BCUT2D eigenvalue weighted by molar-refractivity contribution is -0.119. The van der Waals surface area contributed by atoms with Crippen LogP contribution in [0.4, 0.5) is 5.69 Å². The van der Waals surface area contributed by atoms with Crippen molar-refractivity contribution in [2.75, 3.05) is 11.9 Å². The van der Waals surface area contributed by atoms with Crippen molar-refractivity contribution < 1.29 is 14.3 Å². The summed E-state index contributed by atoms with van der Waals surface area (Å²) >= 11 is 34.9. The summed E-state index contributed by atoms with van der Waals surface area (Å²) in [6.45, 7) is -0.627. The SMILES string of the molecule is O=C(COC(=O)c1nc(Cl)c(Cl)c(Cl)c1Cl)Nc1cc(Cl)ccc1Cl. The topological polar surface area (TPSA) is 68.3 Å². The van der Waals surface area contributed by atoms with E-state index in [0.717, 1.165) is 0 Å². The van der Waals surface area contributed by atoms with Crippen LogP contribution in [-0.2, 0) is 9.53 Å². The highest BCUT2D eigenvalue weighted by Gasteiger charge is 2.22. The summed E-state index contributed by atoms with van der Waals surface area (Å²) in [5.74, 6) is -1.65. The van der Waals surface area contributed by atoms with Gasteiger partial charge in [0.05, 0.1) is 25.8 Å². The van der Waals surface area contributed by atoms with Crippen LogP contribution in [0.3, 0.4) is 0 Å². The number of pyridine rings is 1. The molecule has 0 saturated heterocycles. The van der Waals surface area contributed by atoms with Crippen molar-refractivity contribution in [2.24, 2.45) is 0 Å². The molecule has 0 unspecified atom stereocenters. The van der Waals surface area contributed by atoms with Crippen LogP contribution in [-0.4, -0.2) is 23.5 Å². The molecule has 1 amide bonds. The zero-order valence-electron chi connectivity index (χ0n) is 11.9. The second-order valence-electron chi connectivity index (χ2n) is 4.44. The Kier molecular flexibility index (Phi) is 7.02. The fraction of sp³-hybridized carbons (Fsp3) is 0.0714. The fourth-order valence-electron chi connectivity index (χ4n) is 1.60. The molecule has 132 valence electrons. The van der Waals surface area contributed by atoms with Crippen molar-refractivity contribution in [2.45, 2.75) is 0 Å². The summed E-state index contributed by atoms with van der Waals surface area (Å²) in [5, 5.41) is 2.38. The number of rotatable bonds is 4. The third-order valence-electron chi connectivity index (χ3n) is 2.71. The van der Waals surface area contributed by atoms with Gasteiger partial charge in [0.25, 0.3) is 5.91 Å². The van der Waals surface area contributed by atoms with Crippen LogP contribution in [0.2, 0.25) is 30.3 Å². The summed E-state index contributed by atoms with van der Waals surface area (Å²) in [6.07, 6.45) is 0. The van der Waals surface area contributed by atoms with Crippen LogP contribution < -0.4 is 5.32 Å². The van der Waals surface area contributed by atoms with E-state index in [9.17, 15) is 9.59 Å². The normalized spacial score (nSPS) is 10.5. The number of esters is 1. The minimum absolute atomic E-state index is 0.0989. The Bertz CT molecular complexity index is 859. The molecule has 0 spiro atoms. The average molecular weight is 463 g/mol. The Morgan fingerprint density at radius 2 is 1.68 bits per heavy atom. The quantitative estimate of drug-likeness (QED) is 0.460. The highest BCUT2D eigenvalue weighted by Crippen LogP contribution is 2.36.